The summed E-state index contributed by atoms with van der Waals surface area (Å²) in [5.74, 6) is -0.383. The maximum absolute atomic E-state index is 13.9. The molecule has 0 aromatic heterocycles. The first-order chi connectivity index (χ1) is 16.0. The van der Waals surface area contributed by atoms with Crippen molar-refractivity contribution in [1.82, 2.24) is 10.2 Å². The number of thiocarbonyl (C=S) groups is 1. The predicted octanol–water partition coefficient (Wildman–Crippen LogP) is 4.88. The third-order valence-electron chi connectivity index (χ3n) is 5.53. The number of carbonyl (C=O) groups excluding carboxylic acids is 1. The van der Waals surface area contributed by atoms with Gasteiger partial charge in [-0.25, -0.2) is 4.39 Å². The SMILES string of the molecule is O=C(NC(=S)Nc1ccc(N2CCN(Cc3ccccc3F)CC2)cc1)c1cccc(I)c1. The first kappa shape index (κ1) is 23.6. The minimum atomic E-state index is -0.240. The van der Waals surface area contributed by atoms with E-state index in [1.807, 2.05) is 54.6 Å². The van der Waals surface area contributed by atoms with Crippen LogP contribution in [0.15, 0.2) is 72.8 Å². The molecule has 1 aliphatic heterocycles. The molecule has 33 heavy (non-hydrogen) atoms. The molecule has 1 fully saturated rings. The third kappa shape index (κ3) is 6.49. The highest BCUT2D eigenvalue weighted by Gasteiger charge is 2.18. The van der Waals surface area contributed by atoms with Gasteiger partial charge in [0.15, 0.2) is 5.11 Å². The lowest BCUT2D eigenvalue weighted by Crippen LogP contribution is -2.46. The number of piperazine rings is 1. The standard InChI is InChI=1S/C25H24FIN4OS/c26-23-7-2-1-4-19(23)17-30-12-14-31(15-13-30)22-10-8-21(9-11-22)28-25(33)29-24(32)18-5-3-6-20(27)16-18/h1-11,16H,12-15,17H2,(H2,28,29,32,33). The van der Waals surface area contributed by atoms with E-state index >= 15 is 0 Å². The molecular formula is C25H24FIN4OS. The first-order valence-corrected chi connectivity index (χ1v) is 12.2. The summed E-state index contributed by atoms with van der Waals surface area (Å²) in [6.45, 7) is 4.15. The highest BCUT2D eigenvalue weighted by molar-refractivity contribution is 14.1. The summed E-state index contributed by atoms with van der Waals surface area (Å²) < 4.78 is 14.9. The number of rotatable bonds is 5. The molecule has 0 atom stereocenters. The van der Waals surface area contributed by atoms with Gasteiger partial charge in [0.2, 0.25) is 0 Å². The van der Waals surface area contributed by atoms with Gasteiger partial charge < -0.3 is 10.2 Å². The Morgan fingerprint density at radius 2 is 1.70 bits per heavy atom. The van der Waals surface area contributed by atoms with Crippen molar-refractivity contribution in [2.75, 3.05) is 36.4 Å². The molecule has 8 heteroatoms. The van der Waals surface area contributed by atoms with Gasteiger partial charge >= 0.3 is 0 Å². The molecule has 170 valence electrons. The molecule has 0 bridgehead atoms. The number of nitrogens with one attached hydrogen (secondary N) is 2. The maximum atomic E-state index is 13.9. The first-order valence-electron chi connectivity index (χ1n) is 10.7. The van der Waals surface area contributed by atoms with Crippen molar-refractivity contribution in [1.29, 1.82) is 0 Å². The van der Waals surface area contributed by atoms with Gasteiger partial charge in [-0.3, -0.25) is 15.0 Å². The quantitative estimate of drug-likeness (QED) is 0.336. The molecule has 1 amide bonds. The second-order valence-corrected chi connectivity index (χ2v) is 9.47. The molecule has 0 aliphatic carbocycles. The topological polar surface area (TPSA) is 47.6 Å². The highest BCUT2D eigenvalue weighted by Crippen LogP contribution is 2.21. The maximum Gasteiger partial charge on any atom is 0.257 e. The average molecular weight is 574 g/mol. The number of carbonyl (C=O) groups is 1. The Hall–Kier alpha value is -2.56. The monoisotopic (exact) mass is 574 g/mol. The molecule has 0 spiro atoms. The molecule has 1 heterocycles. The predicted molar refractivity (Wildman–Crippen MR) is 143 cm³/mol. The average Bonchev–Trinajstić information content (AvgIpc) is 2.81. The largest absolute Gasteiger partial charge is 0.369 e. The van der Waals surface area contributed by atoms with Crippen molar-refractivity contribution >= 4 is 57.2 Å². The van der Waals surface area contributed by atoms with E-state index in [0.717, 1.165) is 46.7 Å². The zero-order valence-electron chi connectivity index (χ0n) is 17.9. The lowest BCUT2D eigenvalue weighted by molar-refractivity contribution is 0.0977. The summed E-state index contributed by atoms with van der Waals surface area (Å²) in [7, 11) is 0. The van der Waals surface area contributed by atoms with E-state index in [1.54, 1.807) is 12.1 Å². The Balaban J connectivity index is 1.26. The van der Waals surface area contributed by atoms with Gasteiger partial charge in [0.25, 0.3) is 5.91 Å². The normalized spacial score (nSPS) is 14.1. The molecular weight excluding hydrogens is 550 g/mol. The van der Waals surface area contributed by atoms with Gasteiger partial charge in [-0.05, 0) is 83.3 Å². The molecule has 4 rings (SSSR count). The van der Waals surface area contributed by atoms with Gasteiger partial charge in [0.1, 0.15) is 5.82 Å². The zero-order valence-corrected chi connectivity index (χ0v) is 20.9. The minimum absolute atomic E-state index is 0.143. The lowest BCUT2D eigenvalue weighted by Gasteiger charge is -2.36. The van der Waals surface area contributed by atoms with Crippen LogP contribution in [0.3, 0.4) is 0 Å². The van der Waals surface area contributed by atoms with E-state index in [1.165, 1.54) is 6.07 Å². The number of anilines is 2. The van der Waals surface area contributed by atoms with Crippen LogP contribution in [0.25, 0.3) is 0 Å². The van der Waals surface area contributed by atoms with Gasteiger partial charge in [0, 0.05) is 58.8 Å². The van der Waals surface area contributed by atoms with Crippen molar-refractivity contribution in [3.8, 4) is 0 Å². The summed E-state index contributed by atoms with van der Waals surface area (Å²) in [4.78, 5) is 16.9. The third-order valence-corrected chi connectivity index (χ3v) is 6.40. The summed E-state index contributed by atoms with van der Waals surface area (Å²) in [5.41, 5.74) is 3.24. The van der Waals surface area contributed by atoms with Gasteiger partial charge in [-0.15, -0.1) is 0 Å². The van der Waals surface area contributed by atoms with E-state index < -0.39 is 0 Å². The minimum Gasteiger partial charge on any atom is -0.369 e. The number of amides is 1. The van der Waals surface area contributed by atoms with Gasteiger partial charge in [0.05, 0.1) is 0 Å². The van der Waals surface area contributed by atoms with Crippen molar-refractivity contribution in [2.24, 2.45) is 0 Å². The van der Waals surface area contributed by atoms with Crippen LogP contribution in [0.2, 0.25) is 0 Å². The molecule has 5 nitrogen and oxygen atoms in total. The second kappa shape index (κ2) is 11.0. The fourth-order valence-corrected chi connectivity index (χ4v) is 4.51. The molecule has 3 aromatic carbocycles. The van der Waals surface area contributed by atoms with E-state index in [9.17, 15) is 9.18 Å². The van der Waals surface area contributed by atoms with Crippen LogP contribution in [0.1, 0.15) is 15.9 Å². The second-order valence-electron chi connectivity index (χ2n) is 7.82. The summed E-state index contributed by atoms with van der Waals surface area (Å²) in [6.07, 6.45) is 0. The van der Waals surface area contributed by atoms with E-state index in [-0.39, 0.29) is 16.8 Å². The summed E-state index contributed by atoms with van der Waals surface area (Å²) >= 11 is 7.46. The molecule has 0 unspecified atom stereocenters. The van der Waals surface area contributed by atoms with E-state index in [4.69, 9.17) is 12.2 Å². The van der Waals surface area contributed by atoms with Crippen LogP contribution in [0.5, 0.6) is 0 Å². The number of hydrogen-bond acceptors (Lipinski definition) is 4. The van der Waals surface area contributed by atoms with Crippen molar-refractivity contribution in [2.45, 2.75) is 6.54 Å². The number of nitrogens with zero attached hydrogens (tertiary/aromatic N) is 2. The molecule has 1 aliphatic rings. The van der Waals surface area contributed by atoms with Crippen LogP contribution in [0.4, 0.5) is 15.8 Å². The Morgan fingerprint density at radius 3 is 2.39 bits per heavy atom. The van der Waals surface area contributed by atoms with Crippen LogP contribution in [-0.2, 0) is 6.54 Å². The van der Waals surface area contributed by atoms with E-state index in [2.05, 4.69) is 43.0 Å². The van der Waals surface area contributed by atoms with E-state index in [0.29, 0.717) is 12.1 Å². The summed E-state index contributed by atoms with van der Waals surface area (Å²) in [5, 5.41) is 6.03. The van der Waals surface area contributed by atoms with Crippen LogP contribution < -0.4 is 15.5 Å². The smallest absolute Gasteiger partial charge is 0.257 e. The number of halogens is 2. The Morgan fingerprint density at radius 1 is 0.970 bits per heavy atom. The summed E-state index contributed by atoms with van der Waals surface area (Å²) in [6, 6.07) is 22.3. The van der Waals surface area contributed by atoms with Crippen molar-refractivity contribution < 1.29 is 9.18 Å². The molecule has 0 saturated carbocycles. The fraction of sp³-hybridized carbons (Fsp3) is 0.200. The highest BCUT2D eigenvalue weighted by atomic mass is 127. The van der Waals surface area contributed by atoms with Crippen LogP contribution in [0, 0.1) is 9.39 Å². The van der Waals surface area contributed by atoms with Crippen molar-refractivity contribution in [3.05, 3.63) is 93.3 Å². The van der Waals surface area contributed by atoms with Crippen molar-refractivity contribution in [3.63, 3.8) is 0 Å². The van der Waals surface area contributed by atoms with Gasteiger partial charge in [-0.1, -0.05) is 24.3 Å². The van der Waals surface area contributed by atoms with Gasteiger partial charge in [-0.2, -0.15) is 0 Å². The Labute approximate surface area is 212 Å². The molecule has 3 aromatic rings. The number of hydrogen-bond donors (Lipinski definition) is 2. The Bertz CT molecular complexity index is 1130. The fourth-order valence-electron chi connectivity index (χ4n) is 3.75. The van der Waals surface area contributed by atoms with Crippen LogP contribution >= 0.6 is 34.8 Å². The van der Waals surface area contributed by atoms with Crippen LogP contribution in [-0.4, -0.2) is 42.1 Å². The Kier molecular flexibility index (Phi) is 7.89. The number of benzene rings is 3. The molecule has 2 N–H and O–H groups in total. The zero-order chi connectivity index (χ0) is 23.2. The lowest BCUT2D eigenvalue weighted by atomic mass is 10.1. The molecule has 0 radical (unpaired) electrons. The molecule has 1 saturated heterocycles.